The highest BCUT2D eigenvalue weighted by Gasteiger charge is 2.41. The number of hydrogen-bond donors (Lipinski definition) is 4. The smallest absolute Gasteiger partial charge is 0.326 e. The number of ether oxygens (including phenoxy) is 1. The average Bonchev–Trinajstić information content (AvgIpc) is 3.50. The number of unbranched alkanes of at least 4 members (excludes halogenated alkanes) is 1. The lowest BCUT2D eigenvalue weighted by molar-refractivity contribution is -0.142. The Balaban J connectivity index is 1.26. The van der Waals surface area contributed by atoms with Gasteiger partial charge < -0.3 is 25.8 Å². The summed E-state index contributed by atoms with van der Waals surface area (Å²) in [4.78, 5) is 41.4. The number of aromatic nitrogens is 1. The van der Waals surface area contributed by atoms with E-state index in [0.29, 0.717) is 30.6 Å². The number of nitrogens with one attached hydrogen (secondary N) is 3. The molecule has 1 aromatic heterocycles. The predicted molar refractivity (Wildman–Crippen MR) is 155 cm³/mol. The number of nitrogens with zero attached hydrogens (tertiary/aromatic N) is 2. The highest BCUT2D eigenvalue weighted by molar-refractivity contribution is 7.89. The number of rotatable bonds is 14. The maximum atomic E-state index is 13.0. The van der Waals surface area contributed by atoms with Gasteiger partial charge in [-0.25, -0.2) is 18.2 Å². The Morgan fingerprint density at radius 1 is 1.00 bits per heavy atom. The third kappa shape index (κ3) is 8.35. The molecule has 0 bridgehead atoms. The van der Waals surface area contributed by atoms with E-state index in [1.54, 1.807) is 48.7 Å². The molecule has 222 valence electrons. The van der Waals surface area contributed by atoms with Crippen LogP contribution in [-0.4, -0.2) is 72.6 Å². The van der Waals surface area contributed by atoms with Crippen molar-refractivity contribution < 1.29 is 32.6 Å². The number of hydrogen-bond acceptors (Lipinski definition) is 8. The fraction of sp³-hybridized carbons (Fsp3) is 0.310. The zero-order valence-corrected chi connectivity index (χ0v) is 23.6. The van der Waals surface area contributed by atoms with E-state index in [1.807, 2.05) is 18.2 Å². The van der Waals surface area contributed by atoms with E-state index in [0.717, 1.165) is 16.5 Å². The maximum Gasteiger partial charge on any atom is 0.326 e. The Labute approximate surface area is 244 Å². The lowest BCUT2D eigenvalue weighted by atomic mass is 10.0. The van der Waals surface area contributed by atoms with E-state index in [4.69, 9.17) is 4.74 Å². The second-order valence-electron chi connectivity index (χ2n) is 9.67. The van der Waals surface area contributed by atoms with E-state index in [9.17, 15) is 27.9 Å². The minimum absolute atomic E-state index is 0.00730. The number of carbonyl (C=O) groups is 3. The molecule has 0 aliphatic carbocycles. The van der Waals surface area contributed by atoms with Crippen molar-refractivity contribution in [3.8, 4) is 0 Å². The van der Waals surface area contributed by atoms with E-state index in [2.05, 4.69) is 20.9 Å². The number of carboxylic acids is 1. The Hall–Kier alpha value is -4.33. The monoisotopic (exact) mass is 595 g/mol. The summed E-state index contributed by atoms with van der Waals surface area (Å²) in [6.45, 7) is 0.191. The third-order valence-corrected chi connectivity index (χ3v) is 8.43. The van der Waals surface area contributed by atoms with Crippen LogP contribution in [0.4, 0.5) is 11.5 Å². The first kappa shape index (κ1) is 30.6. The Kier molecular flexibility index (Phi) is 10.6. The topological polar surface area (TPSA) is 167 Å². The van der Waals surface area contributed by atoms with Crippen LogP contribution in [-0.2, 0) is 35.6 Å². The molecule has 2 aromatic carbocycles. The van der Waals surface area contributed by atoms with Gasteiger partial charge in [-0.15, -0.1) is 0 Å². The molecule has 4 rings (SSSR count). The second kappa shape index (κ2) is 14.5. The van der Waals surface area contributed by atoms with Gasteiger partial charge in [-0.05, 0) is 54.8 Å². The molecule has 13 heteroatoms. The van der Waals surface area contributed by atoms with Gasteiger partial charge in [-0.2, -0.15) is 4.31 Å². The number of amides is 2. The van der Waals surface area contributed by atoms with Gasteiger partial charge in [0.2, 0.25) is 21.8 Å². The van der Waals surface area contributed by atoms with Gasteiger partial charge in [0.15, 0.2) is 0 Å². The lowest BCUT2D eigenvalue weighted by Gasteiger charge is -2.23. The summed E-state index contributed by atoms with van der Waals surface area (Å²) in [6, 6.07) is 17.4. The van der Waals surface area contributed by atoms with Crippen LogP contribution in [0.15, 0.2) is 83.9 Å². The summed E-state index contributed by atoms with van der Waals surface area (Å²) in [7, 11) is -4.02. The van der Waals surface area contributed by atoms with Crippen molar-refractivity contribution in [3.05, 3.63) is 84.6 Å². The Bertz CT molecular complexity index is 1450. The first-order valence-electron chi connectivity index (χ1n) is 13.5. The number of aliphatic carboxylic acids is 1. The van der Waals surface area contributed by atoms with E-state index in [1.165, 1.54) is 12.1 Å². The molecule has 0 unspecified atom stereocenters. The van der Waals surface area contributed by atoms with Crippen molar-refractivity contribution in [2.75, 3.05) is 30.5 Å². The number of benzene rings is 2. The maximum absolute atomic E-state index is 13.0. The van der Waals surface area contributed by atoms with Crippen LogP contribution < -0.4 is 16.0 Å². The van der Waals surface area contributed by atoms with E-state index < -0.39 is 34.0 Å². The molecule has 2 atom stereocenters. The highest BCUT2D eigenvalue weighted by atomic mass is 32.2. The first-order valence-corrected chi connectivity index (χ1v) is 14.9. The van der Waals surface area contributed by atoms with Gasteiger partial charge >= 0.3 is 5.97 Å². The highest BCUT2D eigenvalue weighted by Crippen LogP contribution is 2.22. The first-order chi connectivity index (χ1) is 20.2. The van der Waals surface area contributed by atoms with Crippen LogP contribution in [0.3, 0.4) is 0 Å². The number of anilines is 2. The van der Waals surface area contributed by atoms with Gasteiger partial charge in [0.1, 0.15) is 24.6 Å². The van der Waals surface area contributed by atoms with Crippen molar-refractivity contribution in [2.24, 2.45) is 0 Å². The summed E-state index contributed by atoms with van der Waals surface area (Å²) < 4.78 is 32.2. The fourth-order valence-corrected chi connectivity index (χ4v) is 5.82. The number of pyridine rings is 1. The molecular weight excluding hydrogens is 562 g/mol. The molecule has 12 nitrogen and oxygen atoms in total. The van der Waals surface area contributed by atoms with Crippen LogP contribution in [0.2, 0.25) is 0 Å². The van der Waals surface area contributed by atoms with Crippen LogP contribution in [0.5, 0.6) is 0 Å². The number of carboxylic acid groups (broad SMARTS) is 1. The van der Waals surface area contributed by atoms with Crippen LogP contribution >= 0.6 is 0 Å². The van der Waals surface area contributed by atoms with Gasteiger partial charge in [-0.1, -0.05) is 36.4 Å². The van der Waals surface area contributed by atoms with E-state index in [-0.39, 0.29) is 30.6 Å². The molecule has 4 N–H and O–H groups in total. The van der Waals surface area contributed by atoms with Gasteiger partial charge in [0, 0.05) is 31.3 Å². The van der Waals surface area contributed by atoms with Gasteiger partial charge in [0.05, 0.1) is 11.5 Å². The number of carbonyl (C=O) groups excluding carboxylic acids is 2. The molecule has 0 saturated carbocycles. The van der Waals surface area contributed by atoms with Crippen LogP contribution in [0.1, 0.15) is 24.8 Å². The van der Waals surface area contributed by atoms with Crippen molar-refractivity contribution in [1.29, 1.82) is 0 Å². The molecule has 2 heterocycles. The summed E-state index contributed by atoms with van der Waals surface area (Å²) >= 11 is 0. The summed E-state index contributed by atoms with van der Waals surface area (Å²) in [5.74, 6) is -1.38. The van der Waals surface area contributed by atoms with E-state index >= 15 is 0 Å². The van der Waals surface area contributed by atoms with Crippen LogP contribution in [0, 0.1) is 0 Å². The quantitative estimate of drug-likeness (QED) is 0.205. The van der Waals surface area contributed by atoms with Crippen LogP contribution in [0.25, 0.3) is 0 Å². The molecule has 1 saturated heterocycles. The van der Waals surface area contributed by atoms with Gasteiger partial charge in [0.25, 0.3) is 0 Å². The average molecular weight is 596 g/mol. The Morgan fingerprint density at radius 2 is 1.74 bits per heavy atom. The molecule has 3 aromatic rings. The number of sulfonamides is 1. The normalized spacial score (nSPS) is 16.0. The van der Waals surface area contributed by atoms with Crippen molar-refractivity contribution >= 4 is 39.3 Å². The van der Waals surface area contributed by atoms with Gasteiger partial charge in [-0.3, -0.25) is 9.59 Å². The minimum Gasteiger partial charge on any atom is -0.480 e. The van der Waals surface area contributed by atoms with Crippen molar-refractivity contribution in [2.45, 2.75) is 42.7 Å². The minimum atomic E-state index is -4.02. The predicted octanol–water partition coefficient (Wildman–Crippen LogP) is 2.46. The zero-order chi connectivity index (χ0) is 30.0. The third-order valence-electron chi connectivity index (χ3n) is 6.59. The standard InChI is InChI=1S/C29H33N5O7S/c35-27(11-5-7-17-31-26-10-4-6-16-30-26)32-22-14-12-21(13-15-22)18-24(29(37)38)33-28(36)25-19-41-20-34(25)42(39,40)23-8-2-1-3-9-23/h1-4,6,8-10,12-16,24-25H,5,7,11,17-20H2,(H,30,31)(H,32,35)(H,33,36)(H,37,38)/t24-,25-/m0/s1. The lowest BCUT2D eigenvalue weighted by Crippen LogP contribution is -2.52. The molecule has 1 aliphatic heterocycles. The molecule has 2 amide bonds. The Morgan fingerprint density at radius 3 is 2.43 bits per heavy atom. The van der Waals surface area contributed by atoms with Crippen molar-refractivity contribution in [1.82, 2.24) is 14.6 Å². The molecular formula is C29H33N5O7S. The van der Waals surface area contributed by atoms with Crippen molar-refractivity contribution in [3.63, 3.8) is 0 Å². The second-order valence-corrected chi connectivity index (χ2v) is 11.6. The summed E-state index contributed by atoms with van der Waals surface area (Å²) in [5, 5.41) is 18.2. The summed E-state index contributed by atoms with van der Waals surface area (Å²) in [5.41, 5.74) is 1.17. The zero-order valence-electron chi connectivity index (χ0n) is 22.8. The molecule has 0 spiro atoms. The molecule has 1 fully saturated rings. The SMILES string of the molecule is O=C(CCCCNc1ccccn1)Nc1ccc(C[C@H](NC(=O)[C@@H]2COCN2S(=O)(=O)c2ccccc2)C(=O)O)cc1. The largest absolute Gasteiger partial charge is 0.480 e. The molecule has 1 aliphatic rings. The summed E-state index contributed by atoms with van der Waals surface area (Å²) in [6.07, 6.45) is 3.51. The fourth-order valence-electron chi connectivity index (χ4n) is 4.34. The molecule has 0 radical (unpaired) electrons. The molecule has 42 heavy (non-hydrogen) atoms.